The number of benzene rings is 1. The summed E-state index contributed by atoms with van der Waals surface area (Å²) in [6.07, 6.45) is 2.34. The van der Waals surface area contributed by atoms with Crippen LogP contribution in [0, 0.1) is 0 Å². The third kappa shape index (κ3) is 4.56. The number of carbonyl (C=O) groups excluding carboxylic acids is 1. The number of halogens is 1. The van der Waals surface area contributed by atoms with E-state index in [9.17, 15) is 9.18 Å². The van der Waals surface area contributed by atoms with Crippen molar-refractivity contribution in [2.45, 2.75) is 51.4 Å². The lowest BCUT2D eigenvalue weighted by molar-refractivity contribution is 0.0523. The molecule has 5 heteroatoms. The molecule has 0 radical (unpaired) electrons. The molecule has 0 unspecified atom stereocenters. The Morgan fingerprint density at radius 2 is 2.12 bits per heavy atom. The molecule has 1 heterocycles. The van der Waals surface area contributed by atoms with Crippen LogP contribution in [0.1, 0.15) is 44.2 Å². The second-order valence-electron chi connectivity index (χ2n) is 7.41. The molecule has 25 heavy (non-hydrogen) atoms. The molecular formula is C20H23FN2O2. The average molecular weight is 342 g/mol. The van der Waals surface area contributed by atoms with Gasteiger partial charge in [0.1, 0.15) is 12.3 Å². The number of alkyl halides is 1. The first-order valence-corrected chi connectivity index (χ1v) is 8.46. The fourth-order valence-corrected chi connectivity index (χ4v) is 2.79. The third-order valence-corrected chi connectivity index (χ3v) is 4.08. The zero-order valence-electron chi connectivity index (χ0n) is 14.8. The maximum absolute atomic E-state index is 12.8. The Balaban J connectivity index is 1.61. The van der Waals surface area contributed by atoms with E-state index in [0.717, 1.165) is 23.2 Å². The van der Waals surface area contributed by atoms with Crippen LogP contribution in [0.25, 0.3) is 11.3 Å². The largest absolute Gasteiger partial charge is 0.444 e. The fraction of sp³-hybridized carbons (Fsp3) is 0.400. The lowest BCUT2D eigenvalue weighted by Gasteiger charge is -2.19. The van der Waals surface area contributed by atoms with Crippen LogP contribution in [0.3, 0.4) is 0 Å². The standard InChI is InChI=1S/C20H23FN2O2/c1-20(2,3)25-19(24)23-18-10-16(18)15-7-8-17(22-12-15)14-6-4-5-13(9-14)11-21/h4-9,12,16,18H,10-11H2,1-3H3,(H,23,24)/t16-,18+/m1/s1. The predicted octanol–water partition coefficient (Wildman–Crippen LogP) is 4.60. The van der Waals surface area contributed by atoms with Crippen molar-refractivity contribution < 1.29 is 13.9 Å². The summed E-state index contributed by atoms with van der Waals surface area (Å²) in [5, 5.41) is 2.89. The van der Waals surface area contributed by atoms with Crippen LogP contribution in [-0.2, 0) is 11.4 Å². The summed E-state index contributed by atoms with van der Waals surface area (Å²) in [4.78, 5) is 16.3. The molecule has 0 aliphatic heterocycles. The molecule has 1 saturated carbocycles. The van der Waals surface area contributed by atoms with E-state index in [2.05, 4.69) is 10.3 Å². The molecule has 1 aliphatic rings. The Kier molecular flexibility index (Phi) is 4.75. The van der Waals surface area contributed by atoms with Crippen LogP contribution in [0.5, 0.6) is 0 Å². The highest BCUT2D eigenvalue weighted by atomic mass is 19.1. The van der Waals surface area contributed by atoms with Crippen molar-refractivity contribution in [1.82, 2.24) is 10.3 Å². The second kappa shape index (κ2) is 6.82. The van der Waals surface area contributed by atoms with Crippen molar-refractivity contribution in [3.8, 4) is 11.3 Å². The molecular weight excluding hydrogens is 319 g/mol. The molecule has 1 fully saturated rings. The van der Waals surface area contributed by atoms with Crippen LogP contribution in [0.15, 0.2) is 42.6 Å². The van der Waals surface area contributed by atoms with Crippen molar-refractivity contribution in [1.29, 1.82) is 0 Å². The number of amides is 1. The van der Waals surface area contributed by atoms with Gasteiger partial charge in [-0.05, 0) is 50.5 Å². The van der Waals surface area contributed by atoms with Crippen LogP contribution >= 0.6 is 0 Å². The molecule has 1 aliphatic carbocycles. The summed E-state index contributed by atoms with van der Waals surface area (Å²) in [5.41, 5.74) is 2.96. The normalized spacial score (nSPS) is 19.4. The van der Waals surface area contributed by atoms with Gasteiger partial charge in [-0.15, -0.1) is 0 Å². The van der Waals surface area contributed by atoms with Crippen molar-refractivity contribution in [2.75, 3.05) is 0 Å². The minimum atomic E-state index is -0.494. The molecule has 0 saturated heterocycles. The van der Waals surface area contributed by atoms with Gasteiger partial charge in [-0.2, -0.15) is 0 Å². The third-order valence-electron chi connectivity index (χ3n) is 4.08. The number of ether oxygens (including phenoxy) is 1. The average Bonchev–Trinajstić information content (AvgIpc) is 3.32. The van der Waals surface area contributed by atoms with Gasteiger partial charge in [0.25, 0.3) is 0 Å². The van der Waals surface area contributed by atoms with E-state index in [1.54, 1.807) is 6.07 Å². The van der Waals surface area contributed by atoms with Gasteiger partial charge in [0.2, 0.25) is 0 Å². The highest BCUT2D eigenvalue weighted by Crippen LogP contribution is 2.41. The van der Waals surface area contributed by atoms with Crippen molar-refractivity contribution in [3.05, 3.63) is 53.7 Å². The zero-order valence-corrected chi connectivity index (χ0v) is 14.8. The molecule has 132 valence electrons. The van der Waals surface area contributed by atoms with Crippen LogP contribution < -0.4 is 5.32 Å². The van der Waals surface area contributed by atoms with E-state index in [-0.39, 0.29) is 18.1 Å². The lowest BCUT2D eigenvalue weighted by atomic mass is 10.1. The molecule has 2 atom stereocenters. The number of hydrogen-bond donors (Lipinski definition) is 1. The van der Waals surface area contributed by atoms with Gasteiger partial charge in [-0.25, -0.2) is 9.18 Å². The number of pyridine rings is 1. The summed E-state index contributed by atoms with van der Waals surface area (Å²) in [7, 11) is 0. The molecule has 2 aromatic rings. The molecule has 4 nitrogen and oxygen atoms in total. The quantitative estimate of drug-likeness (QED) is 0.883. The fourth-order valence-electron chi connectivity index (χ4n) is 2.79. The van der Waals surface area contributed by atoms with Crippen molar-refractivity contribution in [3.63, 3.8) is 0 Å². The monoisotopic (exact) mass is 342 g/mol. The Labute approximate surface area is 147 Å². The molecule has 0 spiro atoms. The van der Waals surface area contributed by atoms with E-state index in [1.165, 1.54) is 0 Å². The SMILES string of the molecule is CC(C)(C)OC(=O)N[C@H]1C[C@@H]1c1ccc(-c2cccc(CF)c2)nc1. The summed E-state index contributed by atoms with van der Waals surface area (Å²) >= 11 is 0. The van der Waals surface area contributed by atoms with Crippen molar-refractivity contribution in [2.24, 2.45) is 0 Å². The molecule has 1 N–H and O–H groups in total. The Morgan fingerprint density at radius 3 is 2.76 bits per heavy atom. The smallest absolute Gasteiger partial charge is 0.407 e. The summed E-state index contributed by atoms with van der Waals surface area (Å²) in [6, 6.07) is 11.4. The highest BCUT2D eigenvalue weighted by Gasteiger charge is 2.40. The van der Waals surface area contributed by atoms with Crippen molar-refractivity contribution >= 4 is 6.09 Å². The van der Waals surface area contributed by atoms with Gasteiger partial charge in [0, 0.05) is 23.7 Å². The number of nitrogens with one attached hydrogen (secondary N) is 1. The van der Waals surface area contributed by atoms with E-state index >= 15 is 0 Å². The number of alkyl carbamates (subject to hydrolysis) is 1. The van der Waals surface area contributed by atoms with Gasteiger partial charge >= 0.3 is 6.09 Å². The maximum Gasteiger partial charge on any atom is 0.407 e. The van der Waals surface area contributed by atoms with Gasteiger partial charge < -0.3 is 10.1 Å². The second-order valence-corrected chi connectivity index (χ2v) is 7.41. The number of rotatable bonds is 4. The number of nitrogens with zero attached hydrogens (tertiary/aromatic N) is 1. The minimum Gasteiger partial charge on any atom is -0.444 e. The Hall–Kier alpha value is -2.43. The van der Waals surface area contributed by atoms with E-state index in [1.807, 2.05) is 57.3 Å². The molecule has 1 aromatic heterocycles. The molecule has 1 amide bonds. The summed E-state index contributed by atoms with van der Waals surface area (Å²) < 4.78 is 18.1. The lowest BCUT2D eigenvalue weighted by Crippen LogP contribution is -2.34. The maximum atomic E-state index is 12.8. The van der Waals surface area contributed by atoms with Gasteiger partial charge in [-0.1, -0.05) is 24.3 Å². The Bertz CT molecular complexity index is 753. The van der Waals surface area contributed by atoms with Crippen LogP contribution in [0.4, 0.5) is 9.18 Å². The predicted molar refractivity (Wildman–Crippen MR) is 95.0 cm³/mol. The Morgan fingerprint density at radius 1 is 1.32 bits per heavy atom. The first-order chi connectivity index (χ1) is 11.9. The molecule has 3 rings (SSSR count). The van der Waals surface area contributed by atoms with E-state index in [4.69, 9.17) is 4.74 Å². The highest BCUT2D eigenvalue weighted by molar-refractivity contribution is 5.69. The van der Waals surface area contributed by atoms with Crippen LogP contribution in [0.2, 0.25) is 0 Å². The van der Waals surface area contributed by atoms with Gasteiger partial charge in [-0.3, -0.25) is 4.98 Å². The topological polar surface area (TPSA) is 51.2 Å². The number of hydrogen-bond acceptors (Lipinski definition) is 3. The van der Waals surface area contributed by atoms with Gasteiger partial charge in [0.15, 0.2) is 0 Å². The molecule has 0 bridgehead atoms. The summed E-state index contributed by atoms with van der Waals surface area (Å²) in [5.74, 6) is 0.270. The van der Waals surface area contributed by atoms with Gasteiger partial charge in [0.05, 0.1) is 5.69 Å². The molecule has 1 aromatic carbocycles. The minimum absolute atomic E-state index is 0.0948. The first-order valence-electron chi connectivity index (χ1n) is 8.46. The van der Waals surface area contributed by atoms with Crippen LogP contribution in [-0.4, -0.2) is 22.7 Å². The van der Waals surface area contributed by atoms with E-state index in [0.29, 0.717) is 5.56 Å². The summed E-state index contributed by atoms with van der Waals surface area (Å²) in [6.45, 7) is 5.05. The number of aromatic nitrogens is 1. The van der Waals surface area contributed by atoms with E-state index < -0.39 is 12.3 Å². The zero-order chi connectivity index (χ0) is 18.0. The number of carbonyl (C=O) groups is 1. The first kappa shape index (κ1) is 17.4.